The predicted octanol–water partition coefficient (Wildman–Crippen LogP) is 3.25. The number of nitrogens with zero attached hydrogens (tertiary/aromatic N) is 2. The predicted molar refractivity (Wildman–Crippen MR) is 78.0 cm³/mol. The zero-order valence-electron chi connectivity index (χ0n) is 11.7. The Bertz CT molecular complexity index is 394. The molecule has 1 aromatic rings. The molecule has 2 nitrogen and oxygen atoms in total. The first-order valence-electron chi connectivity index (χ1n) is 6.94. The van der Waals surface area contributed by atoms with Crippen LogP contribution in [0, 0.1) is 11.7 Å². The Balaban J connectivity index is 1.89. The monoisotopic (exact) mass is 284 g/mol. The summed E-state index contributed by atoms with van der Waals surface area (Å²) >= 11 is 6.07. The van der Waals surface area contributed by atoms with Crippen molar-refractivity contribution in [2.24, 2.45) is 5.92 Å². The summed E-state index contributed by atoms with van der Waals surface area (Å²) in [5.41, 5.74) is 0.626. The van der Waals surface area contributed by atoms with Gasteiger partial charge in [-0.15, -0.1) is 0 Å². The van der Waals surface area contributed by atoms with Crippen LogP contribution in [0.1, 0.15) is 19.4 Å². The molecule has 0 bridgehead atoms. The van der Waals surface area contributed by atoms with Crippen LogP contribution in [0.2, 0.25) is 5.02 Å². The van der Waals surface area contributed by atoms with Crippen LogP contribution >= 0.6 is 11.6 Å². The fourth-order valence-corrected chi connectivity index (χ4v) is 2.78. The van der Waals surface area contributed by atoms with E-state index in [0.29, 0.717) is 23.0 Å². The van der Waals surface area contributed by atoms with Crippen LogP contribution in [0.5, 0.6) is 0 Å². The molecule has 1 aliphatic heterocycles. The topological polar surface area (TPSA) is 6.48 Å². The summed E-state index contributed by atoms with van der Waals surface area (Å²) in [6, 6.07) is 4.90. The highest BCUT2D eigenvalue weighted by Gasteiger charge is 2.19. The molecule has 0 amide bonds. The first-order chi connectivity index (χ1) is 9.06. The van der Waals surface area contributed by atoms with Gasteiger partial charge in [-0.1, -0.05) is 31.5 Å². The van der Waals surface area contributed by atoms with Gasteiger partial charge in [0.15, 0.2) is 0 Å². The summed E-state index contributed by atoms with van der Waals surface area (Å²) in [5, 5.41) is 0.532. The van der Waals surface area contributed by atoms with Crippen molar-refractivity contribution in [1.82, 2.24) is 9.80 Å². The minimum absolute atomic E-state index is 0.197. The molecule has 0 spiro atoms. The molecule has 2 rings (SSSR count). The van der Waals surface area contributed by atoms with Crippen molar-refractivity contribution in [2.75, 3.05) is 32.7 Å². The highest BCUT2D eigenvalue weighted by molar-refractivity contribution is 6.31. The Labute approximate surface area is 120 Å². The second kappa shape index (κ2) is 6.69. The van der Waals surface area contributed by atoms with Crippen molar-refractivity contribution in [3.8, 4) is 0 Å². The molecule has 0 radical (unpaired) electrons. The first kappa shape index (κ1) is 14.8. The first-order valence-corrected chi connectivity index (χ1v) is 7.31. The van der Waals surface area contributed by atoms with Crippen LogP contribution in [-0.4, -0.2) is 42.5 Å². The van der Waals surface area contributed by atoms with Crippen molar-refractivity contribution in [1.29, 1.82) is 0 Å². The molecule has 0 atom stereocenters. The average Bonchev–Trinajstić information content (AvgIpc) is 2.35. The third kappa shape index (κ3) is 4.16. The lowest BCUT2D eigenvalue weighted by Gasteiger charge is -2.35. The van der Waals surface area contributed by atoms with E-state index in [2.05, 4.69) is 23.6 Å². The average molecular weight is 285 g/mol. The third-order valence-electron chi connectivity index (χ3n) is 3.53. The van der Waals surface area contributed by atoms with Crippen molar-refractivity contribution in [3.05, 3.63) is 34.6 Å². The van der Waals surface area contributed by atoms with E-state index in [9.17, 15) is 4.39 Å². The number of piperazine rings is 1. The standard InChI is InChI=1S/C15H22ClFN2/c1-12(2)10-18-6-8-19(9-7-18)11-13-14(16)4-3-5-15(13)17/h3-5,12H,6-11H2,1-2H3. The van der Waals surface area contributed by atoms with Gasteiger partial charge in [0.25, 0.3) is 0 Å². The van der Waals surface area contributed by atoms with E-state index in [1.807, 2.05) is 0 Å². The summed E-state index contributed by atoms with van der Waals surface area (Å²) in [4.78, 5) is 4.76. The van der Waals surface area contributed by atoms with E-state index in [4.69, 9.17) is 11.6 Å². The highest BCUT2D eigenvalue weighted by Crippen LogP contribution is 2.21. The Kier molecular flexibility index (Phi) is 5.20. The largest absolute Gasteiger partial charge is 0.301 e. The van der Waals surface area contributed by atoms with Crippen LogP contribution in [0.3, 0.4) is 0 Å². The van der Waals surface area contributed by atoms with Crippen LogP contribution in [0.4, 0.5) is 4.39 Å². The van der Waals surface area contributed by atoms with Crippen molar-refractivity contribution in [3.63, 3.8) is 0 Å². The van der Waals surface area contributed by atoms with Crippen molar-refractivity contribution < 1.29 is 4.39 Å². The molecule has 0 N–H and O–H groups in total. The fourth-order valence-electron chi connectivity index (χ4n) is 2.55. The Hall–Kier alpha value is -0.640. The maximum atomic E-state index is 13.7. The van der Waals surface area contributed by atoms with Gasteiger partial charge in [0, 0.05) is 49.9 Å². The lowest BCUT2D eigenvalue weighted by Crippen LogP contribution is -2.47. The highest BCUT2D eigenvalue weighted by atomic mass is 35.5. The molecule has 19 heavy (non-hydrogen) atoms. The van der Waals surface area contributed by atoms with Gasteiger partial charge in [-0.3, -0.25) is 4.90 Å². The zero-order chi connectivity index (χ0) is 13.8. The van der Waals surface area contributed by atoms with Crippen molar-refractivity contribution in [2.45, 2.75) is 20.4 Å². The number of hydrogen-bond acceptors (Lipinski definition) is 2. The van der Waals surface area contributed by atoms with Gasteiger partial charge in [-0.05, 0) is 18.1 Å². The second-order valence-corrected chi connectivity index (χ2v) is 6.08. The molecular formula is C15H22ClFN2. The maximum absolute atomic E-state index is 13.7. The lowest BCUT2D eigenvalue weighted by atomic mass is 10.1. The zero-order valence-corrected chi connectivity index (χ0v) is 12.5. The lowest BCUT2D eigenvalue weighted by molar-refractivity contribution is 0.116. The number of hydrogen-bond donors (Lipinski definition) is 0. The van der Waals surface area contributed by atoms with E-state index >= 15 is 0 Å². The molecule has 1 fully saturated rings. The Morgan fingerprint density at radius 1 is 1.16 bits per heavy atom. The summed E-state index contributed by atoms with van der Waals surface area (Å²) < 4.78 is 13.7. The van der Waals surface area contributed by atoms with Gasteiger partial charge in [0.1, 0.15) is 5.82 Å². The SMILES string of the molecule is CC(C)CN1CCN(Cc2c(F)cccc2Cl)CC1. The second-order valence-electron chi connectivity index (χ2n) is 5.67. The molecule has 0 unspecified atom stereocenters. The molecule has 0 aliphatic carbocycles. The number of rotatable bonds is 4. The van der Waals surface area contributed by atoms with E-state index in [-0.39, 0.29) is 5.82 Å². The van der Waals surface area contributed by atoms with E-state index in [1.165, 1.54) is 6.07 Å². The van der Waals surface area contributed by atoms with Gasteiger partial charge < -0.3 is 4.90 Å². The Morgan fingerprint density at radius 2 is 1.79 bits per heavy atom. The molecule has 0 saturated carbocycles. The smallest absolute Gasteiger partial charge is 0.129 e. The molecule has 4 heteroatoms. The molecule has 106 valence electrons. The van der Waals surface area contributed by atoms with Gasteiger partial charge >= 0.3 is 0 Å². The van der Waals surface area contributed by atoms with Gasteiger partial charge in [-0.25, -0.2) is 4.39 Å². The van der Waals surface area contributed by atoms with E-state index in [1.54, 1.807) is 12.1 Å². The summed E-state index contributed by atoms with van der Waals surface area (Å²) in [6.45, 7) is 10.3. The fraction of sp³-hybridized carbons (Fsp3) is 0.600. The van der Waals surface area contributed by atoms with Gasteiger partial charge in [-0.2, -0.15) is 0 Å². The van der Waals surface area contributed by atoms with E-state index in [0.717, 1.165) is 32.7 Å². The molecule has 1 heterocycles. The van der Waals surface area contributed by atoms with E-state index < -0.39 is 0 Å². The van der Waals surface area contributed by atoms with Crippen LogP contribution in [-0.2, 0) is 6.54 Å². The van der Waals surface area contributed by atoms with Crippen molar-refractivity contribution >= 4 is 11.6 Å². The molecule has 0 aromatic heterocycles. The normalized spacial score (nSPS) is 18.2. The quantitative estimate of drug-likeness (QED) is 0.837. The van der Waals surface area contributed by atoms with Gasteiger partial charge in [0.05, 0.1) is 0 Å². The molecular weight excluding hydrogens is 263 g/mol. The summed E-state index contributed by atoms with van der Waals surface area (Å²) in [6.07, 6.45) is 0. The summed E-state index contributed by atoms with van der Waals surface area (Å²) in [7, 11) is 0. The van der Waals surface area contributed by atoms with Crippen LogP contribution in [0.15, 0.2) is 18.2 Å². The van der Waals surface area contributed by atoms with Crippen LogP contribution in [0.25, 0.3) is 0 Å². The summed E-state index contributed by atoms with van der Waals surface area (Å²) in [5.74, 6) is 0.504. The third-order valence-corrected chi connectivity index (χ3v) is 3.89. The van der Waals surface area contributed by atoms with Crippen LogP contribution < -0.4 is 0 Å². The maximum Gasteiger partial charge on any atom is 0.129 e. The molecule has 1 aromatic carbocycles. The minimum Gasteiger partial charge on any atom is -0.301 e. The molecule has 1 aliphatic rings. The number of benzene rings is 1. The Morgan fingerprint density at radius 3 is 2.37 bits per heavy atom. The van der Waals surface area contributed by atoms with Gasteiger partial charge in [0.2, 0.25) is 0 Å². The molecule has 1 saturated heterocycles. The number of halogens is 2. The minimum atomic E-state index is -0.197.